The Morgan fingerprint density at radius 3 is 2.44 bits per heavy atom. The second kappa shape index (κ2) is 9.55. The normalized spacial score (nSPS) is 11.9. The van der Waals surface area contributed by atoms with E-state index in [-0.39, 0.29) is 24.7 Å². The molecule has 0 aliphatic rings. The molecule has 0 spiro atoms. The lowest BCUT2D eigenvalue weighted by molar-refractivity contribution is -0.127. The van der Waals surface area contributed by atoms with Gasteiger partial charge in [0, 0.05) is 18.9 Å². The standard InChI is InChI=1S/C11H21N3O4/c1-8(15)6-9(11(12)17)4-2-3-5-14-10(16)7-18-13/h9H,2-7,13H2,1H3,(H2,12,17)(H,14,16). The van der Waals surface area contributed by atoms with Crippen LogP contribution < -0.4 is 16.9 Å². The molecule has 7 heteroatoms. The van der Waals surface area contributed by atoms with Crippen LogP contribution in [0.4, 0.5) is 0 Å². The minimum absolute atomic E-state index is 0.0489. The van der Waals surface area contributed by atoms with E-state index in [9.17, 15) is 14.4 Å². The number of carbonyl (C=O) groups is 3. The Morgan fingerprint density at radius 2 is 1.94 bits per heavy atom. The zero-order valence-corrected chi connectivity index (χ0v) is 10.6. The van der Waals surface area contributed by atoms with Crippen molar-refractivity contribution in [3.8, 4) is 0 Å². The first-order chi connectivity index (χ1) is 8.47. The van der Waals surface area contributed by atoms with Gasteiger partial charge in [-0.1, -0.05) is 6.42 Å². The predicted molar refractivity (Wildman–Crippen MR) is 65.0 cm³/mol. The Kier molecular flexibility index (Phi) is 8.77. The number of Topliss-reactive ketones (excluding diaryl/α,β-unsaturated/α-hetero) is 1. The number of nitrogens with one attached hydrogen (secondary N) is 1. The van der Waals surface area contributed by atoms with E-state index in [1.807, 2.05) is 0 Å². The number of unbranched alkanes of at least 4 members (excludes halogenated alkanes) is 1. The molecular formula is C11H21N3O4. The van der Waals surface area contributed by atoms with E-state index in [0.717, 1.165) is 0 Å². The van der Waals surface area contributed by atoms with E-state index < -0.39 is 11.8 Å². The Labute approximate surface area is 106 Å². The number of rotatable bonds is 10. The van der Waals surface area contributed by atoms with Crippen LogP contribution in [0.1, 0.15) is 32.6 Å². The van der Waals surface area contributed by atoms with Crippen molar-refractivity contribution in [2.75, 3.05) is 13.2 Å². The van der Waals surface area contributed by atoms with Gasteiger partial charge < -0.3 is 15.8 Å². The summed E-state index contributed by atoms with van der Waals surface area (Å²) in [4.78, 5) is 37.1. The van der Waals surface area contributed by atoms with Gasteiger partial charge in [0.15, 0.2) is 0 Å². The summed E-state index contributed by atoms with van der Waals surface area (Å²) in [5, 5.41) is 2.60. The fraction of sp³-hybridized carbons (Fsp3) is 0.727. The second-order valence-electron chi connectivity index (χ2n) is 4.16. The fourth-order valence-corrected chi connectivity index (χ4v) is 1.56. The monoisotopic (exact) mass is 259 g/mol. The third-order valence-corrected chi connectivity index (χ3v) is 2.45. The molecule has 0 aliphatic carbocycles. The summed E-state index contributed by atoms with van der Waals surface area (Å²) in [6, 6.07) is 0. The smallest absolute Gasteiger partial charge is 0.248 e. The Morgan fingerprint density at radius 1 is 1.28 bits per heavy atom. The van der Waals surface area contributed by atoms with Crippen LogP contribution in [-0.2, 0) is 19.2 Å². The summed E-state index contributed by atoms with van der Waals surface area (Å²) in [7, 11) is 0. The summed E-state index contributed by atoms with van der Waals surface area (Å²) in [5.41, 5.74) is 5.20. The van der Waals surface area contributed by atoms with E-state index in [0.29, 0.717) is 25.8 Å². The molecule has 5 N–H and O–H groups in total. The van der Waals surface area contributed by atoms with Gasteiger partial charge >= 0.3 is 0 Å². The molecule has 0 saturated carbocycles. The van der Waals surface area contributed by atoms with E-state index in [2.05, 4.69) is 10.2 Å². The average Bonchev–Trinajstić information content (AvgIpc) is 2.26. The highest BCUT2D eigenvalue weighted by molar-refractivity contribution is 5.84. The molecule has 0 aliphatic heterocycles. The molecule has 0 fully saturated rings. The Hall–Kier alpha value is -1.47. The average molecular weight is 259 g/mol. The molecule has 0 aromatic rings. The van der Waals surface area contributed by atoms with Crippen LogP contribution >= 0.6 is 0 Å². The largest absolute Gasteiger partial charge is 0.369 e. The highest BCUT2D eigenvalue weighted by atomic mass is 16.6. The van der Waals surface area contributed by atoms with Crippen LogP contribution in [0.3, 0.4) is 0 Å². The molecule has 0 rings (SSSR count). The molecular weight excluding hydrogens is 238 g/mol. The van der Waals surface area contributed by atoms with Crippen LogP contribution in [0.2, 0.25) is 0 Å². The molecule has 0 aromatic carbocycles. The van der Waals surface area contributed by atoms with Crippen molar-refractivity contribution in [3.63, 3.8) is 0 Å². The predicted octanol–water partition coefficient (Wildman–Crippen LogP) is -0.756. The Bertz CT molecular complexity index is 294. The molecule has 0 aromatic heterocycles. The SMILES string of the molecule is CC(=O)CC(CCCCNC(=O)CON)C(N)=O. The molecule has 0 saturated heterocycles. The van der Waals surface area contributed by atoms with Gasteiger partial charge in [0.25, 0.3) is 0 Å². The summed E-state index contributed by atoms with van der Waals surface area (Å²) in [5.74, 6) is 3.54. The second-order valence-corrected chi connectivity index (χ2v) is 4.16. The molecule has 0 radical (unpaired) electrons. The molecule has 18 heavy (non-hydrogen) atoms. The maximum absolute atomic E-state index is 11.1. The van der Waals surface area contributed by atoms with Gasteiger partial charge in [-0.2, -0.15) is 0 Å². The molecule has 104 valence electrons. The number of nitrogens with two attached hydrogens (primary N) is 2. The lowest BCUT2D eigenvalue weighted by atomic mass is 9.96. The number of hydrogen-bond acceptors (Lipinski definition) is 5. The lowest BCUT2D eigenvalue weighted by Crippen LogP contribution is -2.30. The maximum atomic E-state index is 11.1. The van der Waals surface area contributed by atoms with Crippen molar-refractivity contribution in [1.29, 1.82) is 0 Å². The molecule has 2 amide bonds. The number of carbonyl (C=O) groups excluding carboxylic acids is 3. The first-order valence-corrected chi connectivity index (χ1v) is 5.84. The van der Waals surface area contributed by atoms with Crippen molar-refractivity contribution in [2.24, 2.45) is 17.5 Å². The highest BCUT2D eigenvalue weighted by Crippen LogP contribution is 2.12. The minimum atomic E-state index is -0.453. The minimum Gasteiger partial charge on any atom is -0.369 e. The quantitative estimate of drug-likeness (QED) is 0.351. The van der Waals surface area contributed by atoms with Gasteiger partial charge in [-0.05, 0) is 19.8 Å². The molecule has 7 nitrogen and oxygen atoms in total. The van der Waals surface area contributed by atoms with Gasteiger partial charge in [0.2, 0.25) is 11.8 Å². The van der Waals surface area contributed by atoms with E-state index in [1.165, 1.54) is 6.92 Å². The summed E-state index contributed by atoms with van der Waals surface area (Å²) >= 11 is 0. The summed E-state index contributed by atoms with van der Waals surface area (Å²) < 4.78 is 0. The van der Waals surface area contributed by atoms with Crippen molar-refractivity contribution in [2.45, 2.75) is 32.6 Å². The van der Waals surface area contributed by atoms with Crippen molar-refractivity contribution in [1.82, 2.24) is 5.32 Å². The van der Waals surface area contributed by atoms with Gasteiger partial charge in [0.05, 0.1) is 0 Å². The van der Waals surface area contributed by atoms with Crippen LogP contribution in [0.5, 0.6) is 0 Å². The molecule has 1 atom stereocenters. The molecule has 1 unspecified atom stereocenters. The first kappa shape index (κ1) is 16.5. The number of ketones is 1. The topological polar surface area (TPSA) is 125 Å². The zero-order chi connectivity index (χ0) is 14.0. The van der Waals surface area contributed by atoms with Crippen molar-refractivity contribution >= 4 is 17.6 Å². The highest BCUT2D eigenvalue weighted by Gasteiger charge is 2.16. The first-order valence-electron chi connectivity index (χ1n) is 5.84. The summed E-state index contributed by atoms with van der Waals surface area (Å²) in [6.45, 7) is 1.74. The van der Waals surface area contributed by atoms with Crippen molar-refractivity contribution < 1.29 is 19.2 Å². The third-order valence-electron chi connectivity index (χ3n) is 2.45. The molecule has 0 heterocycles. The van der Waals surface area contributed by atoms with Gasteiger partial charge in [-0.15, -0.1) is 0 Å². The maximum Gasteiger partial charge on any atom is 0.248 e. The zero-order valence-electron chi connectivity index (χ0n) is 10.6. The number of hydrogen-bond donors (Lipinski definition) is 3. The Balaban J connectivity index is 3.70. The van der Waals surface area contributed by atoms with Crippen LogP contribution in [-0.4, -0.2) is 30.7 Å². The summed E-state index contributed by atoms with van der Waals surface area (Å²) in [6.07, 6.45) is 2.16. The number of primary amides is 1. The van der Waals surface area contributed by atoms with Crippen LogP contribution in [0, 0.1) is 5.92 Å². The van der Waals surface area contributed by atoms with E-state index in [4.69, 9.17) is 11.6 Å². The third kappa shape index (κ3) is 8.66. The van der Waals surface area contributed by atoms with Gasteiger partial charge in [0.1, 0.15) is 12.4 Å². The number of amides is 2. The van der Waals surface area contributed by atoms with E-state index in [1.54, 1.807) is 0 Å². The van der Waals surface area contributed by atoms with Gasteiger partial charge in [-0.3, -0.25) is 14.4 Å². The lowest BCUT2D eigenvalue weighted by Gasteiger charge is -2.11. The fourth-order valence-electron chi connectivity index (χ4n) is 1.56. The van der Waals surface area contributed by atoms with E-state index >= 15 is 0 Å². The van der Waals surface area contributed by atoms with Crippen LogP contribution in [0.15, 0.2) is 0 Å². The molecule has 0 bridgehead atoms. The van der Waals surface area contributed by atoms with Crippen LogP contribution in [0.25, 0.3) is 0 Å². The van der Waals surface area contributed by atoms with Crippen molar-refractivity contribution in [3.05, 3.63) is 0 Å². The van der Waals surface area contributed by atoms with Gasteiger partial charge in [-0.25, -0.2) is 5.90 Å².